The Bertz CT molecular complexity index is 1130. The van der Waals surface area contributed by atoms with Crippen LogP contribution in [0.25, 0.3) is 0 Å². The molecule has 41 heavy (non-hydrogen) atoms. The molecule has 0 aromatic heterocycles. The Morgan fingerprint density at radius 1 is 0.659 bits per heavy atom. The molecule has 16 heteroatoms. The van der Waals surface area contributed by atoms with Gasteiger partial charge in [-0.15, -0.1) is 0 Å². The molecule has 2 rings (SSSR count). The molecule has 0 spiro atoms. The number of nitrogens with zero attached hydrogens (tertiary/aromatic N) is 4. The number of carboxylic acid groups (broad SMARTS) is 3. The maximum absolute atomic E-state index is 12.8. The van der Waals surface area contributed by atoms with E-state index in [0.29, 0.717) is 70.8 Å². The zero-order valence-electron chi connectivity index (χ0n) is 23.0. The van der Waals surface area contributed by atoms with E-state index in [2.05, 4.69) is 5.32 Å². The average Bonchev–Trinajstić information content (AvgIpc) is 2.86. The van der Waals surface area contributed by atoms with Gasteiger partial charge in [-0.1, -0.05) is 12.1 Å². The van der Waals surface area contributed by atoms with E-state index in [1.807, 2.05) is 4.90 Å². The van der Waals surface area contributed by atoms with E-state index >= 15 is 0 Å². The summed E-state index contributed by atoms with van der Waals surface area (Å²) in [4.78, 5) is 54.0. The number of carbonyl (C=O) groups is 4. The predicted octanol–water partition coefficient (Wildman–Crippen LogP) is -1.79. The Morgan fingerprint density at radius 3 is 1.37 bits per heavy atom. The Morgan fingerprint density at radius 2 is 1.02 bits per heavy atom. The van der Waals surface area contributed by atoms with Gasteiger partial charge in [0.2, 0.25) is 15.9 Å². The molecule has 1 fully saturated rings. The molecule has 15 nitrogen and oxygen atoms in total. The van der Waals surface area contributed by atoms with Gasteiger partial charge < -0.3 is 20.6 Å². The molecule has 0 saturated carbocycles. The van der Waals surface area contributed by atoms with Gasteiger partial charge in [0.15, 0.2) is 0 Å². The molecule has 1 heterocycles. The molecule has 1 aromatic rings. The van der Waals surface area contributed by atoms with Crippen LogP contribution in [0.5, 0.6) is 0 Å². The third kappa shape index (κ3) is 14.3. The second-order valence-corrected chi connectivity index (χ2v) is 11.5. The van der Waals surface area contributed by atoms with Gasteiger partial charge in [-0.05, 0) is 37.1 Å². The first-order valence-electron chi connectivity index (χ1n) is 13.2. The van der Waals surface area contributed by atoms with Crippen molar-refractivity contribution in [3.63, 3.8) is 0 Å². The zero-order valence-corrected chi connectivity index (χ0v) is 23.8. The summed E-state index contributed by atoms with van der Waals surface area (Å²) in [5, 5.41) is 35.9. The number of benzene rings is 1. The highest BCUT2D eigenvalue weighted by Gasteiger charge is 2.19. The van der Waals surface area contributed by atoms with Crippen LogP contribution in [-0.4, -0.2) is 146 Å². The van der Waals surface area contributed by atoms with Gasteiger partial charge in [0.1, 0.15) is 0 Å². The minimum absolute atomic E-state index is 0.0293. The lowest BCUT2D eigenvalue weighted by Crippen LogP contribution is -2.45. The van der Waals surface area contributed by atoms with Gasteiger partial charge in [0.25, 0.3) is 0 Å². The third-order valence-electron chi connectivity index (χ3n) is 6.55. The second-order valence-electron chi connectivity index (χ2n) is 9.96. The van der Waals surface area contributed by atoms with Gasteiger partial charge in [-0.3, -0.25) is 38.8 Å². The quantitative estimate of drug-likeness (QED) is 0.190. The lowest BCUT2D eigenvalue weighted by Gasteiger charge is -2.30. The lowest BCUT2D eigenvalue weighted by molar-refractivity contribution is -0.140. The number of nitrogens with one attached hydrogen (secondary N) is 1. The standard InChI is InChI=1S/C25H40N6O9S/c26-41(39,40)21-5-3-20(4-6-21)15-27-22(32)16-28-7-1-8-30(18-24(35)36)13-14-31(19-25(37)38)10-2-9-29(12-11-28)17-23(33)34/h3-6H,1-2,7-19H2,(H,27,32)(H,33,34)(H,35,36)(H,37,38)(H2,26,39,40). The minimum atomic E-state index is -3.82. The predicted molar refractivity (Wildman–Crippen MR) is 148 cm³/mol. The Kier molecular flexibility index (Phi) is 14.1. The van der Waals surface area contributed by atoms with E-state index in [0.717, 1.165) is 0 Å². The monoisotopic (exact) mass is 600 g/mol. The van der Waals surface area contributed by atoms with Crippen molar-refractivity contribution >= 4 is 33.8 Å². The summed E-state index contributed by atoms with van der Waals surface area (Å²) in [6.07, 6.45) is 1.05. The number of sulfonamides is 1. The summed E-state index contributed by atoms with van der Waals surface area (Å²) in [5.74, 6) is -3.25. The molecule has 230 valence electrons. The molecule has 1 aliphatic rings. The maximum atomic E-state index is 12.8. The summed E-state index contributed by atoms with van der Waals surface area (Å²) in [7, 11) is -3.82. The van der Waals surface area contributed by atoms with Crippen molar-refractivity contribution < 1.29 is 42.9 Å². The number of rotatable bonds is 11. The van der Waals surface area contributed by atoms with Crippen LogP contribution in [0, 0.1) is 0 Å². The summed E-state index contributed by atoms with van der Waals surface area (Å²) in [6, 6.07) is 5.83. The largest absolute Gasteiger partial charge is 0.480 e. The highest BCUT2D eigenvalue weighted by atomic mass is 32.2. The van der Waals surface area contributed by atoms with Crippen LogP contribution >= 0.6 is 0 Å². The summed E-state index contributed by atoms with van der Waals surface area (Å²) in [5.41, 5.74) is 0.681. The number of aliphatic carboxylic acids is 3. The molecule has 1 aliphatic heterocycles. The topological polar surface area (TPSA) is 214 Å². The molecule has 0 unspecified atom stereocenters. The summed E-state index contributed by atoms with van der Waals surface area (Å²) in [6.45, 7) is 2.76. The van der Waals surface area contributed by atoms with Gasteiger partial charge in [0, 0.05) is 52.4 Å². The number of nitrogens with two attached hydrogens (primary N) is 1. The van der Waals surface area contributed by atoms with Crippen molar-refractivity contribution in [2.24, 2.45) is 5.14 Å². The third-order valence-corrected chi connectivity index (χ3v) is 7.48. The van der Waals surface area contributed by atoms with E-state index in [1.54, 1.807) is 26.8 Å². The SMILES string of the molecule is NS(=O)(=O)c1ccc(CNC(=O)CN2CCCN(CC(=O)O)CCN(CC(=O)O)CCCN(CC(=O)O)CC2)cc1. The number of primary sulfonamides is 1. The zero-order chi connectivity index (χ0) is 30.4. The fraction of sp³-hybridized carbons (Fsp3) is 0.600. The maximum Gasteiger partial charge on any atom is 0.317 e. The normalized spacial score (nSPS) is 17.9. The van der Waals surface area contributed by atoms with E-state index in [9.17, 15) is 42.9 Å². The molecule has 1 amide bonds. The van der Waals surface area contributed by atoms with Crippen LogP contribution in [-0.2, 0) is 35.7 Å². The van der Waals surface area contributed by atoms with E-state index in [1.165, 1.54) is 12.1 Å². The molecule has 1 aromatic carbocycles. The molecule has 0 aliphatic carbocycles. The number of carboxylic acids is 3. The van der Waals surface area contributed by atoms with E-state index < -0.39 is 27.9 Å². The number of amides is 1. The lowest BCUT2D eigenvalue weighted by atomic mass is 10.2. The van der Waals surface area contributed by atoms with E-state index in [4.69, 9.17) is 5.14 Å². The Hall–Kier alpha value is -3.15. The molecular weight excluding hydrogens is 560 g/mol. The molecule has 0 radical (unpaired) electrons. The van der Waals surface area contributed by atoms with Crippen molar-refractivity contribution in [1.82, 2.24) is 24.9 Å². The van der Waals surface area contributed by atoms with Gasteiger partial charge in [0.05, 0.1) is 31.1 Å². The molecule has 1 saturated heterocycles. The van der Waals surface area contributed by atoms with Gasteiger partial charge in [-0.2, -0.15) is 0 Å². The molecule has 0 atom stereocenters. The first kappa shape index (κ1) is 34.1. The van der Waals surface area contributed by atoms with Gasteiger partial charge >= 0.3 is 17.9 Å². The number of carbonyl (C=O) groups excluding carboxylic acids is 1. The minimum Gasteiger partial charge on any atom is -0.480 e. The highest BCUT2D eigenvalue weighted by Crippen LogP contribution is 2.09. The molecule has 6 N–H and O–H groups in total. The summed E-state index contributed by atoms with van der Waals surface area (Å²) < 4.78 is 22.9. The average molecular weight is 601 g/mol. The highest BCUT2D eigenvalue weighted by molar-refractivity contribution is 7.89. The van der Waals surface area contributed by atoms with Crippen LogP contribution in [0.3, 0.4) is 0 Å². The van der Waals surface area contributed by atoms with E-state index in [-0.39, 0.29) is 43.5 Å². The number of hydrogen-bond acceptors (Lipinski definition) is 10. The first-order valence-corrected chi connectivity index (χ1v) is 14.8. The van der Waals surface area contributed by atoms with Crippen LogP contribution in [0.2, 0.25) is 0 Å². The van der Waals surface area contributed by atoms with Crippen molar-refractivity contribution in [3.8, 4) is 0 Å². The Balaban J connectivity index is 2.06. The fourth-order valence-electron chi connectivity index (χ4n) is 4.51. The van der Waals surface area contributed by atoms with Crippen LogP contribution in [0.1, 0.15) is 18.4 Å². The van der Waals surface area contributed by atoms with Crippen LogP contribution < -0.4 is 10.5 Å². The molecule has 0 bridgehead atoms. The van der Waals surface area contributed by atoms with Crippen molar-refractivity contribution in [3.05, 3.63) is 29.8 Å². The number of hydrogen-bond donors (Lipinski definition) is 5. The fourth-order valence-corrected chi connectivity index (χ4v) is 5.03. The molecular formula is C25H40N6O9S. The van der Waals surface area contributed by atoms with Crippen LogP contribution in [0.4, 0.5) is 0 Å². The van der Waals surface area contributed by atoms with Crippen LogP contribution in [0.15, 0.2) is 29.2 Å². The summed E-state index contributed by atoms with van der Waals surface area (Å²) >= 11 is 0. The Labute approximate surface area is 239 Å². The first-order chi connectivity index (χ1) is 19.3. The second kappa shape index (κ2) is 17.0. The van der Waals surface area contributed by atoms with Gasteiger partial charge in [-0.25, -0.2) is 13.6 Å². The van der Waals surface area contributed by atoms with Crippen molar-refractivity contribution in [2.75, 3.05) is 78.5 Å². The van der Waals surface area contributed by atoms with Crippen molar-refractivity contribution in [2.45, 2.75) is 24.3 Å². The smallest absolute Gasteiger partial charge is 0.317 e. The van der Waals surface area contributed by atoms with Crippen molar-refractivity contribution in [1.29, 1.82) is 0 Å².